The van der Waals surface area contributed by atoms with Crippen molar-refractivity contribution in [3.63, 3.8) is 0 Å². The molecule has 3 rings (SSSR count). The summed E-state index contributed by atoms with van der Waals surface area (Å²) in [6.45, 7) is 6.74. The van der Waals surface area contributed by atoms with Crippen LogP contribution in [0, 0.1) is 6.92 Å². The van der Waals surface area contributed by atoms with Gasteiger partial charge in [0.25, 0.3) is 11.8 Å². The molecular weight excluding hydrogens is 370 g/mol. The molecule has 1 unspecified atom stereocenters. The minimum atomic E-state index is -1.08. The number of rotatable bonds is 6. The second-order valence-corrected chi connectivity index (χ2v) is 7.55. The van der Waals surface area contributed by atoms with E-state index in [-0.39, 0.29) is 29.7 Å². The molecule has 2 N–H and O–H groups in total. The number of carbonyl (C=O) groups is 3. The lowest BCUT2D eigenvalue weighted by Gasteiger charge is -2.43. The molecule has 29 heavy (non-hydrogen) atoms. The first-order valence-electron chi connectivity index (χ1n) is 9.74. The highest BCUT2D eigenvalue weighted by atomic mass is 16.2. The second kappa shape index (κ2) is 8.06. The molecule has 0 spiro atoms. The summed E-state index contributed by atoms with van der Waals surface area (Å²) in [5.74, 6) is -1.01. The third-order valence-corrected chi connectivity index (χ3v) is 5.31. The number of aryl methyl sites for hydroxylation is 1. The third kappa shape index (κ3) is 3.74. The number of hydrogen-bond donors (Lipinski definition) is 2. The standard InChI is InChI=1S/C21H27N5O3/c1-5-10-26-19(28)17-16(18(27)22-4)24-13-25(17)12-21(26,3)20(29)23-11-15-8-6-14(2)7-9-15/h6-9,13H,5,10-12H2,1-4H3,(H,22,27)(H,23,29). The van der Waals surface area contributed by atoms with E-state index in [1.165, 1.54) is 13.4 Å². The molecule has 8 heteroatoms. The van der Waals surface area contributed by atoms with Crippen molar-refractivity contribution in [2.75, 3.05) is 13.6 Å². The van der Waals surface area contributed by atoms with Crippen LogP contribution in [0.3, 0.4) is 0 Å². The van der Waals surface area contributed by atoms with Crippen molar-refractivity contribution in [1.82, 2.24) is 25.1 Å². The van der Waals surface area contributed by atoms with E-state index < -0.39 is 11.4 Å². The number of nitrogens with zero attached hydrogens (tertiary/aromatic N) is 3. The van der Waals surface area contributed by atoms with E-state index in [0.29, 0.717) is 19.5 Å². The Balaban J connectivity index is 1.88. The topological polar surface area (TPSA) is 96.3 Å². The van der Waals surface area contributed by atoms with Crippen LogP contribution in [-0.2, 0) is 17.9 Å². The predicted octanol–water partition coefficient (Wildman–Crippen LogP) is 1.49. The van der Waals surface area contributed by atoms with Crippen LogP contribution >= 0.6 is 0 Å². The fourth-order valence-corrected chi connectivity index (χ4v) is 3.62. The Morgan fingerprint density at radius 2 is 1.93 bits per heavy atom. The fourth-order valence-electron chi connectivity index (χ4n) is 3.62. The Hall–Kier alpha value is -3.16. The van der Waals surface area contributed by atoms with Gasteiger partial charge in [-0.1, -0.05) is 36.8 Å². The first-order chi connectivity index (χ1) is 13.8. The van der Waals surface area contributed by atoms with Crippen molar-refractivity contribution in [1.29, 1.82) is 0 Å². The zero-order valence-electron chi connectivity index (χ0n) is 17.3. The van der Waals surface area contributed by atoms with E-state index in [0.717, 1.165) is 11.1 Å². The Morgan fingerprint density at radius 3 is 2.55 bits per heavy atom. The van der Waals surface area contributed by atoms with Gasteiger partial charge in [-0.15, -0.1) is 0 Å². The van der Waals surface area contributed by atoms with Gasteiger partial charge in [0.1, 0.15) is 11.2 Å². The van der Waals surface area contributed by atoms with Crippen LogP contribution in [0.2, 0.25) is 0 Å². The smallest absolute Gasteiger partial charge is 0.273 e. The number of nitrogens with one attached hydrogen (secondary N) is 2. The van der Waals surface area contributed by atoms with Crippen LogP contribution < -0.4 is 10.6 Å². The lowest BCUT2D eigenvalue weighted by atomic mass is 9.93. The van der Waals surface area contributed by atoms with Crippen molar-refractivity contribution in [3.05, 3.63) is 53.1 Å². The molecule has 0 saturated heterocycles. The largest absolute Gasteiger partial charge is 0.354 e. The first-order valence-corrected chi connectivity index (χ1v) is 9.74. The summed E-state index contributed by atoms with van der Waals surface area (Å²) >= 11 is 0. The van der Waals surface area contributed by atoms with Crippen LogP contribution in [0.5, 0.6) is 0 Å². The van der Waals surface area contributed by atoms with Gasteiger partial charge in [0, 0.05) is 20.1 Å². The maximum Gasteiger partial charge on any atom is 0.273 e. The van der Waals surface area contributed by atoms with E-state index in [9.17, 15) is 14.4 Å². The molecule has 0 aliphatic carbocycles. The summed E-state index contributed by atoms with van der Waals surface area (Å²) in [4.78, 5) is 44.2. The van der Waals surface area contributed by atoms with Crippen LogP contribution in [-0.4, -0.2) is 51.3 Å². The maximum atomic E-state index is 13.2. The van der Waals surface area contributed by atoms with Gasteiger partial charge in [-0.05, 0) is 25.8 Å². The van der Waals surface area contributed by atoms with Gasteiger partial charge >= 0.3 is 0 Å². The summed E-state index contributed by atoms with van der Waals surface area (Å²) in [5, 5.41) is 5.47. The molecule has 2 aromatic rings. The summed E-state index contributed by atoms with van der Waals surface area (Å²) < 4.78 is 1.60. The highest BCUT2D eigenvalue weighted by molar-refractivity contribution is 6.07. The van der Waals surface area contributed by atoms with Crippen molar-refractivity contribution in [2.45, 2.75) is 45.8 Å². The average molecular weight is 397 g/mol. The summed E-state index contributed by atoms with van der Waals surface area (Å²) in [6, 6.07) is 7.93. The van der Waals surface area contributed by atoms with Crippen molar-refractivity contribution in [2.24, 2.45) is 0 Å². The Labute approximate surface area is 170 Å². The number of amides is 3. The summed E-state index contributed by atoms with van der Waals surface area (Å²) in [6.07, 6.45) is 2.14. The number of fused-ring (bicyclic) bond motifs is 1. The molecule has 154 valence electrons. The van der Waals surface area contributed by atoms with Crippen LogP contribution in [0.4, 0.5) is 0 Å². The zero-order chi connectivity index (χ0) is 21.2. The van der Waals surface area contributed by atoms with E-state index >= 15 is 0 Å². The van der Waals surface area contributed by atoms with Crippen LogP contribution in [0.25, 0.3) is 0 Å². The monoisotopic (exact) mass is 397 g/mol. The van der Waals surface area contributed by atoms with Gasteiger partial charge in [-0.2, -0.15) is 0 Å². The highest BCUT2D eigenvalue weighted by Gasteiger charge is 2.48. The molecule has 0 bridgehead atoms. The van der Waals surface area contributed by atoms with E-state index in [2.05, 4.69) is 15.6 Å². The minimum Gasteiger partial charge on any atom is -0.354 e. The summed E-state index contributed by atoms with van der Waals surface area (Å²) in [7, 11) is 1.49. The van der Waals surface area contributed by atoms with E-state index in [1.807, 2.05) is 38.1 Å². The molecule has 1 atom stereocenters. The van der Waals surface area contributed by atoms with Gasteiger partial charge in [0.2, 0.25) is 5.91 Å². The number of benzene rings is 1. The first kappa shape index (κ1) is 20.6. The van der Waals surface area contributed by atoms with Crippen LogP contribution in [0.1, 0.15) is 52.4 Å². The Kier molecular flexibility index (Phi) is 5.72. The average Bonchev–Trinajstić information content (AvgIpc) is 3.13. The lowest BCUT2D eigenvalue weighted by molar-refractivity contribution is -0.133. The van der Waals surface area contributed by atoms with Gasteiger partial charge in [0.15, 0.2) is 5.69 Å². The molecule has 3 amide bonds. The Bertz CT molecular complexity index is 934. The second-order valence-electron chi connectivity index (χ2n) is 7.55. The molecule has 0 fully saturated rings. The predicted molar refractivity (Wildman–Crippen MR) is 108 cm³/mol. The number of imidazole rings is 1. The summed E-state index contributed by atoms with van der Waals surface area (Å²) in [5.41, 5.74) is 1.37. The zero-order valence-corrected chi connectivity index (χ0v) is 17.3. The number of carbonyl (C=O) groups excluding carboxylic acids is 3. The molecule has 0 saturated carbocycles. The van der Waals surface area contributed by atoms with Gasteiger partial charge in [-0.3, -0.25) is 14.4 Å². The fraction of sp³-hybridized carbons (Fsp3) is 0.429. The molecule has 1 aliphatic heterocycles. The van der Waals surface area contributed by atoms with E-state index in [1.54, 1.807) is 16.4 Å². The van der Waals surface area contributed by atoms with Crippen molar-refractivity contribution in [3.8, 4) is 0 Å². The third-order valence-electron chi connectivity index (χ3n) is 5.31. The SMILES string of the molecule is CCCN1C(=O)c2c(C(=O)NC)ncn2CC1(C)C(=O)NCc1ccc(C)cc1. The normalized spacial score (nSPS) is 18.3. The van der Waals surface area contributed by atoms with Gasteiger partial charge in [0.05, 0.1) is 12.9 Å². The van der Waals surface area contributed by atoms with Crippen LogP contribution in [0.15, 0.2) is 30.6 Å². The molecule has 8 nitrogen and oxygen atoms in total. The maximum absolute atomic E-state index is 13.2. The molecule has 1 aliphatic rings. The van der Waals surface area contributed by atoms with E-state index in [4.69, 9.17) is 0 Å². The van der Waals surface area contributed by atoms with Crippen molar-refractivity contribution < 1.29 is 14.4 Å². The van der Waals surface area contributed by atoms with Gasteiger partial charge in [-0.25, -0.2) is 4.98 Å². The quantitative estimate of drug-likeness (QED) is 0.772. The lowest BCUT2D eigenvalue weighted by Crippen LogP contribution is -2.64. The number of hydrogen-bond acceptors (Lipinski definition) is 4. The molecule has 1 aromatic heterocycles. The highest BCUT2D eigenvalue weighted by Crippen LogP contribution is 2.29. The molecule has 2 heterocycles. The van der Waals surface area contributed by atoms with Gasteiger partial charge < -0.3 is 20.1 Å². The molecule has 1 aromatic carbocycles. The molecule has 0 radical (unpaired) electrons. The minimum absolute atomic E-state index is 0.0840. The Morgan fingerprint density at radius 1 is 1.24 bits per heavy atom. The molecular formula is C21H27N5O3. The van der Waals surface area contributed by atoms with Crippen molar-refractivity contribution >= 4 is 17.7 Å². The number of aromatic nitrogens is 2.